The van der Waals surface area contributed by atoms with Gasteiger partial charge in [-0.2, -0.15) is 0 Å². The fourth-order valence-corrected chi connectivity index (χ4v) is 16.1. The summed E-state index contributed by atoms with van der Waals surface area (Å²) in [6, 6.07) is 0. The van der Waals surface area contributed by atoms with Crippen LogP contribution < -0.4 is 0 Å². The summed E-state index contributed by atoms with van der Waals surface area (Å²) in [6.07, 6.45) is -19.6. The minimum absolute atomic E-state index is 0.0778. The van der Waals surface area contributed by atoms with Crippen LogP contribution in [0.3, 0.4) is 0 Å². The zero-order valence-corrected chi connectivity index (χ0v) is 44.1. The van der Waals surface area contributed by atoms with Crippen molar-refractivity contribution in [3.05, 3.63) is 11.6 Å². The molecule has 12 N–H and O–H groups in total. The molecule has 4 saturated carbocycles. The first-order chi connectivity index (χ1) is 34.6. The first-order valence-corrected chi connectivity index (χ1v) is 27.1. The maximum Gasteiger partial charge on any atom is 0.315 e. The second-order valence-electron chi connectivity index (χ2n) is 25.8. The number of ether oxygens (including phenoxy) is 8. The molecule has 3 unspecified atom stereocenters. The van der Waals surface area contributed by atoms with Crippen molar-refractivity contribution in [3.63, 3.8) is 0 Å². The lowest BCUT2D eigenvalue weighted by Gasteiger charge is -2.71. The minimum Gasteiger partial charge on any atom is -0.432 e. The molecule has 0 spiro atoms. The normalized spacial score (nSPS) is 54.1. The number of carbonyl (C=O) groups is 1. The van der Waals surface area contributed by atoms with E-state index in [0.29, 0.717) is 25.2 Å². The van der Waals surface area contributed by atoms with Gasteiger partial charge in [0.1, 0.15) is 85.5 Å². The molecular formula is C53H86O21. The summed E-state index contributed by atoms with van der Waals surface area (Å²) < 4.78 is 47.1. The fourth-order valence-electron chi connectivity index (χ4n) is 16.1. The van der Waals surface area contributed by atoms with Gasteiger partial charge in [0.05, 0.1) is 37.4 Å². The SMILES string of the molecule is C[C@@H]1O[C@@H](O[C@H]2[C@H](O)[C@@H](O)[C@H](OC[C@H]3O[C@@H](OC(=O)[C@]45CCC(C)(C)CC4C4=CCC6[C@@]7(C)CC[C@H](O[C@@H]8OC[C@H](O)[C@H](O)[C@H]8O)C(C)(C)C7CC[C@@]6(C)[C@]4(C)CC5)[C@H](O)[C@@H](O)[C@@H]3O)O[C@@H]2CO)[C@H](O)[C@H](O)[C@H]1O. The molecule has 5 aliphatic carbocycles. The van der Waals surface area contributed by atoms with Gasteiger partial charge >= 0.3 is 5.97 Å². The van der Waals surface area contributed by atoms with E-state index in [9.17, 15) is 61.3 Å². The van der Waals surface area contributed by atoms with Gasteiger partial charge in [-0.05, 0) is 116 Å². The van der Waals surface area contributed by atoms with E-state index in [-0.39, 0.29) is 51.6 Å². The van der Waals surface area contributed by atoms with E-state index in [1.54, 1.807) is 0 Å². The largest absolute Gasteiger partial charge is 0.432 e. The Morgan fingerprint density at radius 3 is 1.97 bits per heavy atom. The predicted octanol–water partition coefficient (Wildman–Crippen LogP) is -0.369. The number of rotatable bonds is 10. The molecule has 4 aliphatic heterocycles. The van der Waals surface area contributed by atoms with Gasteiger partial charge in [-0.25, -0.2) is 0 Å². The molecule has 0 bridgehead atoms. The molecular weight excluding hydrogens is 973 g/mol. The second kappa shape index (κ2) is 20.5. The summed E-state index contributed by atoms with van der Waals surface area (Å²) >= 11 is 0. The first-order valence-electron chi connectivity index (χ1n) is 27.1. The molecule has 21 heteroatoms. The quantitative estimate of drug-likeness (QED) is 0.0755. The highest BCUT2D eigenvalue weighted by Crippen LogP contribution is 2.76. The number of hydrogen-bond acceptors (Lipinski definition) is 21. The van der Waals surface area contributed by atoms with Gasteiger partial charge in [0.25, 0.3) is 0 Å². The third-order valence-corrected chi connectivity index (χ3v) is 21.0. The zero-order chi connectivity index (χ0) is 54.0. The summed E-state index contributed by atoms with van der Waals surface area (Å²) in [7, 11) is 0. The van der Waals surface area contributed by atoms with Crippen molar-refractivity contribution in [3.8, 4) is 0 Å². The average molecular weight is 1060 g/mol. The number of carbonyl (C=O) groups excluding carboxylic acids is 1. The van der Waals surface area contributed by atoms with Gasteiger partial charge in [-0.3, -0.25) is 4.79 Å². The highest BCUT2D eigenvalue weighted by atomic mass is 16.8. The van der Waals surface area contributed by atoms with Crippen LogP contribution in [0, 0.1) is 50.2 Å². The van der Waals surface area contributed by atoms with Crippen molar-refractivity contribution in [2.45, 2.75) is 242 Å². The van der Waals surface area contributed by atoms with E-state index in [1.807, 2.05) is 0 Å². The van der Waals surface area contributed by atoms with Crippen LogP contribution in [0.5, 0.6) is 0 Å². The Hall–Kier alpha value is -1.55. The van der Waals surface area contributed by atoms with E-state index < -0.39 is 141 Å². The summed E-state index contributed by atoms with van der Waals surface area (Å²) in [6.45, 7) is 16.1. The van der Waals surface area contributed by atoms with Crippen LogP contribution in [0.1, 0.15) is 120 Å². The Balaban J connectivity index is 0.891. The molecule has 0 amide bonds. The lowest BCUT2D eigenvalue weighted by Crippen LogP contribution is -2.66. The average Bonchev–Trinajstić information content (AvgIpc) is 3.34. The van der Waals surface area contributed by atoms with E-state index in [1.165, 1.54) is 12.5 Å². The number of fused-ring (bicyclic) bond motifs is 7. The summed E-state index contributed by atoms with van der Waals surface area (Å²) in [4.78, 5) is 15.1. The fraction of sp³-hybridized carbons (Fsp3) is 0.943. The number of hydrogen-bond donors (Lipinski definition) is 12. The molecule has 21 nitrogen and oxygen atoms in total. The van der Waals surface area contributed by atoms with Crippen molar-refractivity contribution >= 4 is 5.97 Å². The topological polar surface area (TPSA) is 334 Å². The van der Waals surface area contributed by atoms with Gasteiger partial charge in [-0.1, -0.05) is 60.1 Å². The molecule has 0 aromatic carbocycles. The van der Waals surface area contributed by atoms with Gasteiger partial charge in [0.15, 0.2) is 18.9 Å². The van der Waals surface area contributed by atoms with Crippen LogP contribution in [0.15, 0.2) is 11.6 Å². The molecule has 4 saturated heterocycles. The Labute approximate surface area is 433 Å². The van der Waals surface area contributed by atoms with Crippen LogP contribution in [0.25, 0.3) is 0 Å². The lowest BCUT2D eigenvalue weighted by atomic mass is 9.33. The number of esters is 1. The molecule has 424 valence electrons. The molecule has 0 aromatic heterocycles. The van der Waals surface area contributed by atoms with E-state index in [2.05, 4.69) is 54.5 Å². The molecule has 27 atom stereocenters. The van der Waals surface area contributed by atoms with Crippen LogP contribution in [0.4, 0.5) is 0 Å². The Bertz CT molecular complexity index is 2040. The van der Waals surface area contributed by atoms with Gasteiger partial charge in [-0.15, -0.1) is 0 Å². The van der Waals surface area contributed by atoms with Gasteiger partial charge in [0.2, 0.25) is 6.29 Å². The third-order valence-electron chi connectivity index (χ3n) is 21.0. The van der Waals surface area contributed by atoms with E-state index in [0.717, 1.165) is 44.9 Å². The zero-order valence-electron chi connectivity index (χ0n) is 44.1. The highest BCUT2D eigenvalue weighted by molar-refractivity contribution is 5.79. The lowest BCUT2D eigenvalue weighted by molar-refractivity contribution is -0.361. The Morgan fingerprint density at radius 1 is 0.635 bits per heavy atom. The molecule has 74 heavy (non-hydrogen) atoms. The number of allylic oxidation sites excluding steroid dienone is 2. The van der Waals surface area contributed by atoms with Crippen molar-refractivity contribution < 1.29 is 104 Å². The van der Waals surface area contributed by atoms with E-state index in [4.69, 9.17) is 37.9 Å². The van der Waals surface area contributed by atoms with Gasteiger partial charge in [0, 0.05) is 0 Å². The molecule has 0 aromatic rings. The predicted molar refractivity (Wildman–Crippen MR) is 255 cm³/mol. The highest BCUT2D eigenvalue weighted by Gasteiger charge is 2.70. The molecule has 0 radical (unpaired) electrons. The first kappa shape index (κ1) is 57.1. The summed E-state index contributed by atoms with van der Waals surface area (Å²) in [5.74, 6) is -0.203. The van der Waals surface area contributed by atoms with Crippen LogP contribution >= 0.6 is 0 Å². The maximum absolute atomic E-state index is 15.1. The van der Waals surface area contributed by atoms with Crippen LogP contribution in [-0.4, -0.2) is 210 Å². The molecule has 4 heterocycles. The summed E-state index contributed by atoms with van der Waals surface area (Å²) in [5.41, 5.74) is -0.647. The monoisotopic (exact) mass is 1060 g/mol. The summed E-state index contributed by atoms with van der Waals surface area (Å²) in [5, 5.41) is 128. The Morgan fingerprint density at radius 2 is 1.27 bits per heavy atom. The van der Waals surface area contributed by atoms with Crippen molar-refractivity contribution in [1.82, 2.24) is 0 Å². The maximum atomic E-state index is 15.1. The Kier molecular flexibility index (Phi) is 15.8. The van der Waals surface area contributed by atoms with Crippen LogP contribution in [0.2, 0.25) is 0 Å². The van der Waals surface area contributed by atoms with Crippen molar-refractivity contribution in [2.75, 3.05) is 19.8 Å². The molecule has 9 rings (SSSR count). The van der Waals surface area contributed by atoms with Gasteiger partial charge < -0.3 is 99.2 Å². The molecule has 8 fully saturated rings. The molecule has 9 aliphatic rings. The van der Waals surface area contributed by atoms with Crippen molar-refractivity contribution in [1.29, 1.82) is 0 Å². The minimum atomic E-state index is -1.86. The van der Waals surface area contributed by atoms with E-state index >= 15 is 4.79 Å². The number of aliphatic hydroxyl groups excluding tert-OH is 12. The second-order valence-corrected chi connectivity index (χ2v) is 25.8. The van der Waals surface area contributed by atoms with Crippen LogP contribution in [-0.2, 0) is 42.7 Å². The standard InChI is InChI=1S/C53H86O21/c1-23-32(56)35(59)39(63)45(69-23)73-42-27(20-54)70-43(41(65)37(42)61)68-22-28-34(58)36(60)40(64)46(71-28)74-47(66)53-17-15-48(2,3)19-25(53)24-9-10-30-50(6)13-12-31(72-44-38(62)33(57)26(55)21-67-44)49(4,5)29(50)11-14-52(30,8)51(24,7)16-18-53/h9,23,25-46,54-65H,10-22H2,1-8H3/t23-,25?,26-,27+,28+,29?,30?,31-,32-,33-,34+,35+,36-,37+,38+,39+,40+,41+,42+,43+,44-,45-,46-,50-,51+,52+,53-/m0/s1. The third kappa shape index (κ3) is 9.27. The number of aliphatic hydroxyl groups is 12. The van der Waals surface area contributed by atoms with Crippen molar-refractivity contribution in [2.24, 2.45) is 50.2 Å². The smallest absolute Gasteiger partial charge is 0.315 e.